The molecule has 0 unspecified atom stereocenters. The molecule has 1 aromatic heterocycles. The van der Waals surface area contributed by atoms with Crippen molar-refractivity contribution in [2.24, 2.45) is 0 Å². The summed E-state index contributed by atoms with van der Waals surface area (Å²) >= 11 is 0. The summed E-state index contributed by atoms with van der Waals surface area (Å²) in [7, 11) is -3.49. The zero-order valence-corrected chi connectivity index (χ0v) is 14.6. The van der Waals surface area contributed by atoms with Gasteiger partial charge in [-0.15, -0.1) is 0 Å². The number of benzene rings is 1. The number of furan rings is 1. The molecule has 0 radical (unpaired) electrons. The number of sulfone groups is 1. The Hall–Kier alpha value is -2.39. The molecule has 0 atom stereocenters. The van der Waals surface area contributed by atoms with Gasteiger partial charge in [-0.3, -0.25) is 15.0 Å². The first-order valence-electron chi connectivity index (χ1n) is 7.83. The lowest BCUT2D eigenvalue weighted by atomic mass is 10.2. The Morgan fingerprint density at radius 2 is 1.92 bits per heavy atom. The van der Waals surface area contributed by atoms with Crippen LogP contribution in [-0.2, 0) is 16.4 Å². The summed E-state index contributed by atoms with van der Waals surface area (Å²) in [6, 6.07) is 7.85. The van der Waals surface area contributed by atoms with Crippen molar-refractivity contribution in [3.05, 3.63) is 52.5 Å². The highest BCUT2D eigenvalue weighted by atomic mass is 32.2. The summed E-state index contributed by atoms with van der Waals surface area (Å²) in [6.45, 7) is 3.44. The van der Waals surface area contributed by atoms with Gasteiger partial charge in [0, 0.05) is 38.5 Å². The third kappa shape index (κ3) is 3.99. The molecule has 25 heavy (non-hydrogen) atoms. The third-order valence-corrected chi connectivity index (χ3v) is 5.35. The van der Waals surface area contributed by atoms with Crippen LogP contribution in [0.3, 0.4) is 0 Å². The predicted molar refractivity (Wildman–Crippen MR) is 92.4 cm³/mol. The number of piperazine rings is 1. The van der Waals surface area contributed by atoms with Crippen molar-refractivity contribution in [1.82, 2.24) is 4.90 Å². The Morgan fingerprint density at radius 3 is 2.48 bits per heavy atom. The third-order valence-electron chi connectivity index (χ3n) is 4.24. The highest BCUT2D eigenvalue weighted by Gasteiger charge is 2.25. The first-order chi connectivity index (χ1) is 11.8. The lowest BCUT2D eigenvalue weighted by Gasteiger charge is -2.35. The maximum atomic E-state index is 11.6. The van der Waals surface area contributed by atoms with Crippen LogP contribution in [-0.4, -0.2) is 50.7 Å². The summed E-state index contributed by atoms with van der Waals surface area (Å²) in [6.07, 6.45) is 2.68. The minimum absolute atomic E-state index is 0.0422. The molecule has 1 aliphatic rings. The standard InChI is InChI=1S/C16H19N3O5S/c1-25(22,23)14-4-5-15(16(11-14)19(20)21)18-8-6-17(7-9-18)12-13-3-2-10-24-13/h2-5,10-11H,6-9,12H2,1H3. The van der Waals surface area contributed by atoms with E-state index in [2.05, 4.69) is 4.90 Å². The molecule has 2 heterocycles. The number of hydrogen-bond acceptors (Lipinski definition) is 7. The van der Waals surface area contributed by atoms with Crippen molar-refractivity contribution >= 4 is 21.2 Å². The van der Waals surface area contributed by atoms with Crippen LogP contribution in [0.1, 0.15) is 5.76 Å². The van der Waals surface area contributed by atoms with Crippen LogP contribution in [0.4, 0.5) is 11.4 Å². The Labute approximate surface area is 145 Å². The van der Waals surface area contributed by atoms with Gasteiger partial charge in [0.15, 0.2) is 9.84 Å². The molecule has 0 aliphatic carbocycles. The molecule has 8 nitrogen and oxygen atoms in total. The Morgan fingerprint density at radius 1 is 1.20 bits per heavy atom. The van der Waals surface area contributed by atoms with Crippen LogP contribution in [0, 0.1) is 10.1 Å². The molecule has 1 aliphatic heterocycles. The monoisotopic (exact) mass is 365 g/mol. The van der Waals surface area contributed by atoms with Gasteiger partial charge in [-0.2, -0.15) is 0 Å². The molecule has 1 aromatic carbocycles. The Bertz CT molecular complexity index is 856. The number of rotatable bonds is 5. The van der Waals surface area contributed by atoms with E-state index in [9.17, 15) is 18.5 Å². The first kappa shape index (κ1) is 17.4. The van der Waals surface area contributed by atoms with Gasteiger partial charge in [0.1, 0.15) is 11.4 Å². The van der Waals surface area contributed by atoms with Gasteiger partial charge in [-0.1, -0.05) is 0 Å². The van der Waals surface area contributed by atoms with Crippen molar-refractivity contribution in [1.29, 1.82) is 0 Å². The predicted octanol–water partition coefficient (Wildman–Crippen LogP) is 1.91. The molecular formula is C16H19N3O5S. The second-order valence-electron chi connectivity index (χ2n) is 6.02. The van der Waals surface area contributed by atoms with Crippen LogP contribution in [0.5, 0.6) is 0 Å². The number of nitrogens with zero attached hydrogens (tertiary/aromatic N) is 3. The molecule has 0 amide bonds. The molecule has 134 valence electrons. The van der Waals surface area contributed by atoms with Gasteiger partial charge in [-0.25, -0.2) is 8.42 Å². The van der Waals surface area contributed by atoms with Crippen LogP contribution in [0.2, 0.25) is 0 Å². The number of anilines is 1. The van der Waals surface area contributed by atoms with E-state index in [4.69, 9.17) is 4.42 Å². The maximum absolute atomic E-state index is 11.6. The SMILES string of the molecule is CS(=O)(=O)c1ccc(N2CCN(Cc3ccco3)CC2)c([N+](=O)[O-])c1. The second kappa shape index (κ2) is 6.85. The highest BCUT2D eigenvalue weighted by molar-refractivity contribution is 7.90. The lowest BCUT2D eigenvalue weighted by Crippen LogP contribution is -2.46. The van der Waals surface area contributed by atoms with Crippen molar-refractivity contribution in [2.45, 2.75) is 11.4 Å². The van der Waals surface area contributed by atoms with Gasteiger partial charge in [0.2, 0.25) is 0 Å². The van der Waals surface area contributed by atoms with E-state index in [1.165, 1.54) is 12.1 Å². The normalized spacial score (nSPS) is 16.1. The van der Waals surface area contributed by atoms with Gasteiger partial charge in [0.05, 0.1) is 22.6 Å². The molecule has 0 N–H and O–H groups in total. The van der Waals surface area contributed by atoms with Crippen LogP contribution < -0.4 is 4.90 Å². The number of nitro groups is 1. The van der Waals surface area contributed by atoms with Gasteiger partial charge >= 0.3 is 0 Å². The summed E-state index contributed by atoms with van der Waals surface area (Å²) in [5.74, 6) is 0.886. The number of nitro benzene ring substituents is 1. The van der Waals surface area contributed by atoms with Crippen LogP contribution >= 0.6 is 0 Å². The fourth-order valence-electron chi connectivity index (χ4n) is 2.92. The molecule has 1 fully saturated rings. The number of hydrogen-bond donors (Lipinski definition) is 0. The smallest absolute Gasteiger partial charge is 0.293 e. The summed E-state index contributed by atoms with van der Waals surface area (Å²) in [4.78, 5) is 14.9. The summed E-state index contributed by atoms with van der Waals surface area (Å²) in [5.41, 5.74) is 0.275. The maximum Gasteiger partial charge on any atom is 0.293 e. The van der Waals surface area contributed by atoms with Crippen molar-refractivity contribution in [3.63, 3.8) is 0 Å². The largest absolute Gasteiger partial charge is 0.468 e. The molecule has 1 saturated heterocycles. The quantitative estimate of drug-likeness (QED) is 0.590. The summed E-state index contributed by atoms with van der Waals surface area (Å²) < 4.78 is 28.6. The minimum atomic E-state index is -3.49. The average Bonchev–Trinajstić information content (AvgIpc) is 3.07. The average molecular weight is 365 g/mol. The Kier molecular flexibility index (Phi) is 4.78. The van der Waals surface area contributed by atoms with Crippen LogP contribution in [0.25, 0.3) is 0 Å². The topological polar surface area (TPSA) is 96.9 Å². The minimum Gasteiger partial charge on any atom is -0.468 e. The van der Waals surface area contributed by atoms with E-state index >= 15 is 0 Å². The molecular weight excluding hydrogens is 346 g/mol. The van der Waals surface area contributed by atoms with E-state index < -0.39 is 14.8 Å². The van der Waals surface area contributed by atoms with Crippen molar-refractivity contribution < 1.29 is 17.8 Å². The fraction of sp³-hybridized carbons (Fsp3) is 0.375. The van der Waals surface area contributed by atoms with E-state index in [1.54, 1.807) is 6.26 Å². The molecule has 0 spiro atoms. The zero-order valence-electron chi connectivity index (χ0n) is 13.8. The fourth-order valence-corrected chi connectivity index (χ4v) is 3.56. The molecule has 0 bridgehead atoms. The van der Waals surface area contributed by atoms with E-state index in [0.29, 0.717) is 25.3 Å². The molecule has 3 rings (SSSR count). The van der Waals surface area contributed by atoms with Crippen LogP contribution in [0.15, 0.2) is 45.9 Å². The first-order valence-corrected chi connectivity index (χ1v) is 9.72. The van der Waals surface area contributed by atoms with E-state index in [0.717, 1.165) is 31.2 Å². The van der Waals surface area contributed by atoms with E-state index in [-0.39, 0.29) is 10.6 Å². The van der Waals surface area contributed by atoms with Crippen molar-refractivity contribution in [2.75, 3.05) is 37.3 Å². The lowest BCUT2D eigenvalue weighted by molar-refractivity contribution is -0.384. The van der Waals surface area contributed by atoms with E-state index in [1.807, 2.05) is 17.0 Å². The van der Waals surface area contributed by atoms with Gasteiger partial charge < -0.3 is 9.32 Å². The highest BCUT2D eigenvalue weighted by Crippen LogP contribution is 2.31. The zero-order chi connectivity index (χ0) is 18.0. The molecule has 9 heteroatoms. The summed E-state index contributed by atoms with van der Waals surface area (Å²) in [5, 5.41) is 11.4. The Balaban J connectivity index is 1.75. The van der Waals surface area contributed by atoms with Gasteiger partial charge in [0.25, 0.3) is 5.69 Å². The van der Waals surface area contributed by atoms with Crippen molar-refractivity contribution in [3.8, 4) is 0 Å². The van der Waals surface area contributed by atoms with Gasteiger partial charge in [-0.05, 0) is 24.3 Å². The molecule has 2 aromatic rings. The second-order valence-corrected chi connectivity index (χ2v) is 8.04. The molecule has 0 saturated carbocycles.